The number of sulfone groups is 1. The summed E-state index contributed by atoms with van der Waals surface area (Å²) in [5.74, 6) is -0.405. The van der Waals surface area contributed by atoms with Crippen LogP contribution in [0.2, 0.25) is 0 Å². The molecule has 2 aliphatic rings. The third-order valence-electron chi connectivity index (χ3n) is 7.02. The van der Waals surface area contributed by atoms with Crippen molar-refractivity contribution >= 4 is 20.9 Å². The minimum atomic E-state index is -3.35. The molecule has 1 saturated carbocycles. The van der Waals surface area contributed by atoms with E-state index < -0.39 is 15.6 Å². The molecule has 0 radical (unpaired) electrons. The van der Waals surface area contributed by atoms with E-state index in [0.717, 1.165) is 58.2 Å². The molecule has 2 heterocycles. The predicted octanol–water partition coefficient (Wildman–Crippen LogP) is 3.37. The summed E-state index contributed by atoms with van der Waals surface area (Å²) in [7, 11) is -3.35. The Labute approximate surface area is 177 Å². The molecule has 0 spiro atoms. The zero-order valence-electron chi connectivity index (χ0n) is 18.1. The monoisotopic (exact) mass is 436 g/mol. The number of hydrogen-bond donors (Lipinski definition) is 0. The molecular weight excluding hydrogens is 404 g/mol. The second-order valence-corrected chi connectivity index (χ2v) is 11.0. The molecule has 0 unspecified atom stereocenters. The zero-order chi connectivity index (χ0) is 21.5. The van der Waals surface area contributed by atoms with Gasteiger partial charge in [0, 0.05) is 37.5 Å². The van der Waals surface area contributed by atoms with Gasteiger partial charge in [0.15, 0.2) is 15.4 Å². The molecule has 2 aromatic rings. The SMILES string of the molecule is CCOC1CCC(C)(N2CCC(n3c(=O)oc4ccc(S(C)(=O)=O)cc43)CC2)CC1. The molecule has 1 aliphatic carbocycles. The van der Waals surface area contributed by atoms with Crippen LogP contribution in [0.25, 0.3) is 11.1 Å². The highest BCUT2D eigenvalue weighted by atomic mass is 32.2. The van der Waals surface area contributed by atoms with Crippen LogP contribution in [0.3, 0.4) is 0 Å². The second kappa shape index (κ2) is 8.13. The van der Waals surface area contributed by atoms with Crippen LogP contribution in [0.1, 0.15) is 58.4 Å². The van der Waals surface area contributed by atoms with Gasteiger partial charge in [0.1, 0.15) is 0 Å². The Morgan fingerprint density at radius 1 is 1.17 bits per heavy atom. The number of hydrogen-bond acceptors (Lipinski definition) is 6. The number of aromatic nitrogens is 1. The van der Waals surface area contributed by atoms with E-state index in [1.165, 1.54) is 12.3 Å². The molecule has 0 N–H and O–H groups in total. The molecular formula is C22H32N2O5S. The van der Waals surface area contributed by atoms with Gasteiger partial charge in [-0.05, 0) is 70.6 Å². The van der Waals surface area contributed by atoms with E-state index in [1.54, 1.807) is 16.7 Å². The maximum absolute atomic E-state index is 12.6. The van der Waals surface area contributed by atoms with Crippen LogP contribution in [0, 0.1) is 0 Å². The summed E-state index contributed by atoms with van der Waals surface area (Å²) in [5.41, 5.74) is 1.20. The van der Waals surface area contributed by atoms with Crippen molar-refractivity contribution < 1.29 is 17.6 Å². The molecule has 1 aromatic heterocycles. The van der Waals surface area contributed by atoms with Gasteiger partial charge in [-0.2, -0.15) is 0 Å². The molecule has 166 valence electrons. The molecule has 8 heteroatoms. The fraction of sp³-hybridized carbons (Fsp3) is 0.682. The van der Waals surface area contributed by atoms with Gasteiger partial charge in [-0.1, -0.05) is 0 Å². The van der Waals surface area contributed by atoms with Crippen molar-refractivity contribution in [3.05, 3.63) is 28.7 Å². The number of ether oxygens (including phenoxy) is 1. The van der Waals surface area contributed by atoms with Crippen LogP contribution < -0.4 is 5.76 Å². The Morgan fingerprint density at radius 2 is 1.83 bits per heavy atom. The summed E-state index contributed by atoms with van der Waals surface area (Å²) in [6, 6.07) is 4.66. The number of benzene rings is 1. The van der Waals surface area contributed by atoms with Gasteiger partial charge in [-0.25, -0.2) is 13.2 Å². The largest absolute Gasteiger partial charge is 0.420 e. The lowest BCUT2D eigenvalue weighted by molar-refractivity contribution is -0.0274. The van der Waals surface area contributed by atoms with Crippen molar-refractivity contribution in [3.8, 4) is 0 Å². The van der Waals surface area contributed by atoms with Gasteiger partial charge >= 0.3 is 5.76 Å². The molecule has 1 aromatic carbocycles. The summed E-state index contributed by atoms with van der Waals surface area (Å²) in [4.78, 5) is 15.3. The van der Waals surface area contributed by atoms with E-state index in [4.69, 9.17) is 9.15 Å². The lowest BCUT2D eigenvalue weighted by Crippen LogP contribution is -2.52. The van der Waals surface area contributed by atoms with Crippen LogP contribution in [-0.2, 0) is 14.6 Å². The number of oxazole rings is 1. The summed E-state index contributed by atoms with van der Waals surface area (Å²) >= 11 is 0. The summed E-state index contributed by atoms with van der Waals surface area (Å²) < 4.78 is 36.8. The van der Waals surface area contributed by atoms with Crippen molar-refractivity contribution in [1.82, 2.24) is 9.47 Å². The first-order valence-electron chi connectivity index (χ1n) is 10.9. The maximum Gasteiger partial charge on any atom is 0.420 e. The minimum Gasteiger partial charge on any atom is -0.408 e. The average molecular weight is 437 g/mol. The van der Waals surface area contributed by atoms with E-state index in [0.29, 0.717) is 17.2 Å². The van der Waals surface area contributed by atoms with Crippen molar-refractivity contribution in [2.24, 2.45) is 0 Å². The van der Waals surface area contributed by atoms with Crippen LogP contribution in [-0.4, -0.2) is 55.5 Å². The van der Waals surface area contributed by atoms with Crippen molar-refractivity contribution in [2.75, 3.05) is 26.0 Å². The highest BCUT2D eigenvalue weighted by Crippen LogP contribution is 2.38. The first-order chi connectivity index (χ1) is 14.2. The van der Waals surface area contributed by atoms with E-state index in [9.17, 15) is 13.2 Å². The summed E-state index contributed by atoms with van der Waals surface area (Å²) in [5, 5.41) is 0. The number of rotatable bonds is 5. The molecule has 4 rings (SSSR count). The molecule has 1 aliphatic heterocycles. The number of likely N-dealkylation sites (tertiary alicyclic amines) is 1. The number of nitrogens with zero attached hydrogens (tertiary/aromatic N) is 2. The third-order valence-corrected chi connectivity index (χ3v) is 8.13. The van der Waals surface area contributed by atoms with Crippen molar-refractivity contribution in [1.29, 1.82) is 0 Å². The maximum atomic E-state index is 12.6. The van der Waals surface area contributed by atoms with E-state index in [2.05, 4.69) is 18.7 Å². The first kappa shape index (κ1) is 21.6. The van der Waals surface area contributed by atoms with Gasteiger partial charge in [0.25, 0.3) is 0 Å². The fourth-order valence-corrected chi connectivity index (χ4v) is 5.83. The highest BCUT2D eigenvalue weighted by molar-refractivity contribution is 7.90. The van der Waals surface area contributed by atoms with Crippen molar-refractivity contribution in [2.45, 2.75) is 75.0 Å². The first-order valence-corrected chi connectivity index (χ1v) is 12.8. The molecule has 0 bridgehead atoms. The molecule has 0 amide bonds. The zero-order valence-corrected chi connectivity index (χ0v) is 18.9. The summed E-state index contributed by atoms with van der Waals surface area (Å²) in [6.45, 7) is 7.03. The Balaban J connectivity index is 1.50. The normalized spacial score (nSPS) is 27.0. The second-order valence-electron chi connectivity index (χ2n) is 9.01. The number of piperidine rings is 1. The molecule has 2 fully saturated rings. The third kappa shape index (κ3) is 4.09. The van der Waals surface area contributed by atoms with Crippen LogP contribution >= 0.6 is 0 Å². The molecule has 30 heavy (non-hydrogen) atoms. The van der Waals surface area contributed by atoms with Gasteiger partial charge in [-0.15, -0.1) is 0 Å². The van der Waals surface area contributed by atoms with E-state index in [1.807, 2.05) is 0 Å². The Hall–Kier alpha value is -1.64. The lowest BCUT2D eigenvalue weighted by atomic mass is 9.79. The van der Waals surface area contributed by atoms with Crippen LogP contribution in [0.4, 0.5) is 0 Å². The van der Waals surface area contributed by atoms with Crippen LogP contribution in [0.5, 0.6) is 0 Å². The Morgan fingerprint density at radius 3 is 2.43 bits per heavy atom. The minimum absolute atomic E-state index is 0.0215. The van der Waals surface area contributed by atoms with Gasteiger partial charge < -0.3 is 9.15 Å². The average Bonchev–Trinajstić information content (AvgIpc) is 3.04. The standard InChI is InChI=1S/C22H32N2O5S/c1-4-28-17-7-11-22(2,12-8-17)23-13-9-16(10-14-23)24-19-15-18(30(3,26)27)5-6-20(19)29-21(24)25/h5-6,15-17H,4,7-14H2,1-3H3. The highest BCUT2D eigenvalue weighted by Gasteiger charge is 2.38. The van der Waals surface area contributed by atoms with Gasteiger partial charge in [-0.3, -0.25) is 9.47 Å². The van der Waals surface area contributed by atoms with Crippen molar-refractivity contribution in [3.63, 3.8) is 0 Å². The van der Waals surface area contributed by atoms with Crippen LogP contribution in [0.15, 0.2) is 32.3 Å². The van der Waals surface area contributed by atoms with E-state index >= 15 is 0 Å². The Bertz CT molecular complexity index is 1050. The molecule has 7 nitrogen and oxygen atoms in total. The van der Waals surface area contributed by atoms with Gasteiger partial charge in [0.2, 0.25) is 0 Å². The molecule has 0 atom stereocenters. The Kier molecular flexibility index (Phi) is 5.85. The smallest absolute Gasteiger partial charge is 0.408 e. The van der Waals surface area contributed by atoms with E-state index in [-0.39, 0.29) is 16.5 Å². The van der Waals surface area contributed by atoms with Gasteiger partial charge in [0.05, 0.1) is 16.5 Å². The quantitative estimate of drug-likeness (QED) is 0.715. The molecule has 1 saturated heterocycles. The predicted molar refractivity (Wildman–Crippen MR) is 116 cm³/mol. The topological polar surface area (TPSA) is 81.8 Å². The fourth-order valence-electron chi connectivity index (χ4n) is 5.19. The lowest BCUT2D eigenvalue weighted by Gasteiger charge is -2.48. The summed E-state index contributed by atoms with van der Waals surface area (Å²) in [6.07, 6.45) is 7.74. The number of fused-ring (bicyclic) bond motifs is 1.